The maximum atomic E-state index is 11.4. The molecular formula is C9H20N2O2. The van der Waals surface area contributed by atoms with Crippen LogP contribution in [-0.2, 0) is 4.79 Å². The first-order chi connectivity index (χ1) is 6.26. The number of hydrogen-bond donors (Lipinski definition) is 2. The lowest BCUT2D eigenvalue weighted by atomic mass is 10.4. The van der Waals surface area contributed by atoms with Crippen molar-refractivity contribution >= 4 is 5.91 Å². The number of rotatable bonds is 7. The number of amides is 1. The molecule has 0 aliphatic rings. The first kappa shape index (κ1) is 12.4. The molecule has 0 aromatic carbocycles. The Hall–Kier alpha value is -0.610. The third kappa shape index (κ3) is 5.60. The molecule has 2 N–H and O–H groups in total. The summed E-state index contributed by atoms with van der Waals surface area (Å²) in [5.74, 6) is 0.0674. The first-order valence-corrected chi connectivity index (χ1v) is 4.85. The third-order valence-corrected chi connectivity index (χ3v) is 1.74. The molecule has 1 amide bonds. The molecule has 0 aromatic heterocycles. The van der Waals surface area contributed by atoms with E-state index in [1.165, 1.54) is 0 Å². The van der Waals surface area contributed by atoms with E-state index >= 15 is 0 Å². The fourth-order valence-corrected chi connectivity index (χ4v) is 1.10. The number of carbonyl (C=O) groups is 1. The third-order valence-electron chi connectivity index (χ3n) is 1.74. The van der Waals surface area contributed by atoms with E-state index in [0.29, 0.717) is 13.1 Å². The number of nitrogens with zero attached hydrogens (tertiary/aromatic N) is 1. The lowest BCUT2D eigenvalue weighted by Crippen LogP contribution is -2.40. The molecule has 0 rings (SSSR count). The van der Waals surface area contributed by atoms with E-state index in [0.717, 1.165) is 19.5 Å². The van der Waals surface area contributed by atoms with Crippen molar-refractivity contribution in [3.05, 3.63) is 0 Å². The molecule has 0 unspecified atom stereocenters. The van der Waals surface area contributed by atoms with Gasteiger partial charge < -0.3 is 15.3 Å². The summed E-state index contributed by atoms with van der Waals surface area (Å²) in [5.41, 5.74) is 0. The molecular weight excluding hydrogens is 168 g/mol. The van der Waals surface area contributed by atoms with Crippen molar-refractivity contribution in [2.24, 2.45) is 0 Å². The summed E-state index contributed by atoms with van der Waals surface area (Å²) in [5, 5.41) is 11.7. The predicted octanol–water partition coefficient (Wildman–Crippen LogP) is -0.173. The number of aliphatic hydroxyl groups is 1. The van der Waals surface area contributed by atoms with Crippen molar-refractivity contribution in [1.82, 2.24) is 10.2 Å². The monoisotopic (exact) mass is 188 g/mol. The SMILES string of the molecule is CCCN(CCO)C(=O)CNCC. The molecule has 0 saturated carbocycles. The Morgan fingerprint density at radius 1 is 1.38 bits per heavy atom. The zero-order valence-corrected chi connectivity index (χ0v) is 8.55. The van der Waals surface area contributed by atoms with Crippen LogP contribution in [0, 0.1) is 0 Å². The van der Waals surface area contributed by atoms with Crippen LogP contribution in [0.25, 0.3) is 0 Å². The van der Waals surface area contributed by atoms with E-state index in [1.807, 2.05) is 13.8 Å². The maximum absolute atomic E-state index is 11.4. The molecule has 0 radical (unpaired) electrons. The fraction of sp³-hybridized carbons (Fsp3) is 0.889. The van der Waals surface area contributed by atoms with Gasteiger partial charge in [-0.3, -0.25) is 4.79 Å². The fourth-order valence-electron chi connectivity index (χ4n) is 1.10. The largest absolute Gasteiger partial charge is 0.395 e. The van der Waals surface area contributed by atoms with Gasteiger partial charge in [0.25, 0.3) is 0 Å². The van der Waals surface area contributed by atoms with Crippen LogP contribution >= 0.6 is 0 Å². The van der Waals surface area contributed by atoms with Crippen LogP contribution in [0.4, 0.5) is 0 Å². The van der Waals surface area contributed by atoms with E-state index < -0.39 is 0 Å². The molecule has 4 nitrogen and oxygen atoms in total. The number of carbonyl (C=O) groups excluding carboxylic acids is 1. The minimum Gasteiger partial charge on any atom is -0.395 e. The van der Waals surface area contributed by atoms with Gasteiger partial charge in [0.2, 0.25) is 5.91 Å². The van der Waals surface area contributed by atoms with Gasteiger partial charge in [-0.05, 0) is 13.0 Å². The summed E-state index contributed by atoms with van der Waals surface area (Å²) in [6, 6.07) is 0. The van der Waals surface area contributed by atoms with Gasteiger partial charge in [-0.2, -0.15) is 0 Å². The molecule has 0 atom stereocenters. The predicted molar refractivity (Wildman–Crippen MR) is 52.5 cm³/mol. The highest BCUT2D eigenvalue weighted by Gasteiger charge is 2.10. The van der Waals surface area contributed by atoms with E-state index in [1.54, 1.807) is 4.90 Å². The lowest BCUT2D eigenvalue weighted by molar-refractivity contribution is -0.130. The molecule has 0 aliphatic carbocycles. The number of likely N-dealkylation sites (N-methyl/N-ethyl adjacent to an activating group) is 1. The van der Waals surface area contributed by atoms with Gasteiger partial charge in [-0.25, -0.2) is 0 Å². The first-order valence-electron chi connectivity index (χ1n) is 4.85. The molecule has 0 bridgehead atoms. The Bertz CT molecular complexity index is 134. The zero-order chi connectivity index (χ0) is 10.1. The molecule has 0 fully saturated rings. The maximum Gasteiger partial charge on any atom is 0.236 e. The molecule has 0 aromatic rings. The number of hydrogen-bond acceptors (Lipinski definition) is 3. The summed E-state index contributed by atoms with van der Waals surface area (Å²) in [6.07, 6.45) is 0.928. The molecule has 0 spiro atoms. The van der Waals surface area contributed by atoms with Crippen molar-refractivity contribution in [2.75, 3.05) is 32.8 Å². The average molecular weight is 188 g/mol. The summed E-state index contributed by atoms with van der Waals surface area (Å²) in [6.45, 7) is 6.36. The van der Waals surface area contributed by atoms with E-state index in [-0.39, 0.29) is 12.5 Å². The topological polar surface area (TPSA) is 52.6 Å². The second kappa shape index (κ2) is 8.01. The van der Waals surface area contributed by atoms with Crippen molar-refractivity contribution in [2.45, 2.75) is 20.3 Å². The Kier molecular flexibility index (Phi) is 7.63. The van der Waals surface area contributed by atoms with Crippen molar-refractivity contribution in [3.63, 3.8) is 0 Å². The molecule has 78 valence electrons. The average Bonchev–Trinajstić information content (AvgIpc) is 2.14. The van der Waals surface area contributed by atoms with E-state index in [9.17, 15) is 4.79 Å². The minimum absolute atomic E-state index is 0.0395. The Labute approximate surface area is 79.9 Å². The Morgan fingerprint density at radius 2 is 2.08 bits per heavy atom. The highest BCUT2D eigenvalue weighted by Crippen LogP contribution is 1.91. The summed E-state index contributed by atoms with van der Waals surface area (Å²) in [7, 11) is 0. The van der Waals surface area contributed by atoms with Gasteiger partial charge in [0.15, 0.2) is 0 Å². The Balaban J connectivity index is 3.80. The summed E-state index contributed by atoms with van der Waals surface area (Å²) >= 11 is 0. The number of nitrogens with one attached hydrogen (secondary N) is 1. The highest BCUT2D eigenvalue weighted by molar-refractivity contribution is 5.78. The van der Waals surface area contributed by atoms with Crippen molar-refractivity contribution in [3.8, 4) is 0 Å². The second-order valence-electron chi connectivity index (χ2n) is 2.88. The molecule has 0 saturated heterocycles. The normalized spacial score (nSPS) is 10.1. The molecule has 0 heterocycles. The molecule has 4 heteroatoms. The van der Waals surface area contributed by atoms with Crippen LogP contribution in [0.1, 0.15) is 20.3 Å². The van der Waals surface area contributed by atoms with Gasteiger partial charge in [0.1, 0.15) is 0 Å². The Morgan fingerprint density at radius 3 is 2.54 bits per heavy atom. The molecule has 13 heavy (non-hydrogen) atoms. The van der Waals surface area contributed by atoms with Crippen LogP contribution < -0.4 is 5.32 Å². The standard InChI is InChI=1S/C9H20N2O2/c1-3-5-11(6-7-12)9(13)8-10-4-2/h10,12H,3-8H2,1-2H3. The lowest BCUT2D eigenvalue weighted by Gasteiger charge is -2.20. The van der Waals surface area contributed by atoms with E-state index in [2.05, 4.69) is 5.32 Å². The van der Waals surface area contributed by atoms with Crippen LogP contribution in [0.3, 0.4) is 0 Å². The van der Waals surface area contributed by atoms with Crippen LogP contribution in [0.15, 0.2) is 0 Å². The van der Waals surface area contributed by atoms with Crippen LogP contribution in [0.2, 0.25) is 0 Å². The summed E-state index contributed by atoms with van der Waals surface area (Å²) < 4.78 is 0. The number of aliphatic hydroxyl groups excluding tert-OH is 1. The second-order valence-corrected chi connectivity index (χ2v) is 2.88. The van der Waals surface area contributed by atoms with Gasteiger partial charge >= 0.3 is 0 Å². The van der Waals surface area contributed by atoms with Crippen molar-refractivity contribution < 1.29 is 9.90 Å². The highest BCUT2D eigenvalue weighted by atomic mass is 16.3. The summed E-state index contributed by atoms with van der Waals surface area (Å²) in [4.78, 5) is 13.1. The smallest absolute Gasteiger partial charge is 0.236 e. The van der Waals surface area contributed by atoms with Gasteiger partial charge in [-0.15, -0.1) is 0 Å². The van der Waals surface area contributed by atoms with Crippen LogP contribution in [0.5, 0.6) is 0 Å². The zero-order valence-electron chi connectivity index (χ0n) is 8.55. The quantitative estimate of drug-likeness (QED) is 0.583. The van der Waals surface area contributed by atoms with Gasteiger partial charge in [0, 0.05) is 13.1 Å². The molecule has 0 aliphatic heterocycles. The van der Waals surface area contributed by atoms with Gasteiger partial charge in [0.05, 0.1) is 13.2 Å². The van der Waals surface area contributed by atoms with Crippen LogP contribution in [-0.4, -0.2) is 48.7 Å². The van der Waals surface area contributed by atoms with Gasteiger partial charge in [-0.1, -0.05) is 13.8 Å². The van der Waals surface area contributed by atoms with E-state index in [4.69, 9.17) is 5.11 Å². The van der Waals surface area contributed by atoms with Crippen molar-refractivity contribution in [1.29, 1.82) is 0 Å². The minimum atomic E-state index is 0.0395.